The van der Waals surface area contributed by atoms with E-state index in [9.17, 15) is 9.18 Å². The molecule has 0 saturated heterocycles. The highest BCUT2D eigenvalue weighted by Crippen LogP contribution is 2.19. The van der Waals surface area contributed by atoms with E-state index < -0.39 is 5.82 Å². The summed E-state index contributed by atoms with van der Waals surface area (Å²) in [5.41, 5.74) is 2.69. The number of rotatable bonds is 5. The molecule has 0 saturated carbocycles. The molecule has 0 atom stereocenters. The summed E-state index contributed by atoms with van der Waals surface area (Å²) in [7, 11) is 1.54. The molecule has 1 aliphatic heterocycles. The standard InChI is InChI=1S/C12H13FN2O4/c1-17-4-5-18-10-3-2-8(6-9(10)13)12-15-14-11(16)7-19-12/h2-3,6H,4-5,7H2,1H3,(H,14,16). The molecule has 1 aromatic rings. The molecule has 6 nitrogen and oxygen atoms in total. The third-order valence-corrected chi connectivity index (χ3v) is 2.35. The molecule has 7 heteroatoms. The lowest BCUT2D eigenvalue weighted by atomic mass is 10.2. The lowest BCUT2D eigenvalue weighted by molar-refractivity contribution is -0.124. The first-order valence-corrected chi connectivity index (χ1v) is 5.61. The van der Waals surface area contributed by atoms with E-state index in [-0.39, 0.29) is 30.8 Å². The van der Waals surface area contributed by atoms with Crippen molar-refractivity contribution in [2.24, 2.45) is 5.10 Å². The number of hydrogen-bond donors (Lipinski definition) is 1. The molecule has 1 aliphatic rings. The van der Waals surface area contributed by atoms with Gasteiger partial charge in [-0.15, -0.1) is 5.10 Å². The number of carbonyl (C=O) groups is 1. The highest BCUT2D eigenvalue weighted by atomic mass is 19.1. The zero-order chi connectivity index (χ0) is 13.7. The van der Waals surface area contributed by atoms with Gasteiger partial charge in [-0.25, -0.2) is 9.82 Å². The number of halogens is 1. The smallest absolute Gasteiger partial charge is 0.278 e. The highest BCUT2D eigenvalue weighted by molar-refractivity contribution is 5.98. The quantitative estimate of drug-likeness (QED) is 0.796. The minimum Gasteiger partial charge on any atom is -0.488 e. The Bertz CT molecular complexity index is 505. The largest absolute Gasteiger partial charge is 0.488 e. The minimum absolute atomic E-state index is 0.126. The molecule has 0 unspecified atom stereocenters. The van der Waals surface area contributed by atoms with Crippen molar-refractivity contribution >= 4 is 11.8 Å². The summed E-state index contributed by atoms with van der Waals surface area (Å²) in [6, 6.07) is 4.31. The van der Waals surface area contributed by atoms with E-state index in [1.165, 1.54) is 19.2 Å². The molecule has 0 spiro atoms. The van der Waals surface area contributed by atoms with Crippen molar-refractivity contribution in [2.45, 2.75) is 0 Å². The summed E-state index contributed by atoms with van der Waals surface area (Å²) in [6.45, 7) is 0.510. The van der Waals surface area contributed by atoms with Crippen LogP contribution in [0.3, 0.4) is 0 Å². The third kappa shape index (κ3) is 3.41. The van der Waals surface area contributed by atoms with Crippen LogP contribution in [0.25, 0.3) is 0 Å². The Morgan fingerprint density at radius 1 is 1.47 bits per heavy atom. The molecule has 1 amide bonds. The highest BCUT2D eigenvalue weighted by Gasteiger charge is 2.16. The lowest BCUT2D eigenvalue weighted by Crippen LogP contribution is -2.32. The summed E-state index contributed by atoms with van der Waals surface area (Å²) in [4.78, 5) is 10.9. The van der Waals surface area contributed by atoms with Crippen LogP contribution in [-0.4, -0.2) is 38.7 Å². The average Bonchev–Trinajstić information content (AvgIpc) is 2.42. The number of carbonyl (C=O) groups excluding carboxylic acids is 1. The maximum absolute atomic E-state index is 13.7. The number of nitrogens with one attached hydrogen (secondary N) is 1. The Labute approximate surface area is 109 Å². The van der Waals surface area contributed by atoms with Gasteiger partial charge in [0.15, 0.2) is 18.2 Å². The van der Waals surface area contributed by atoms with Crippen LogP contribution in [-0.2, 0) is 14.3 Å². The second kappa shape index (κ2) is 6.14. The van der Waals surface area contributed by atoms with Gasteiger partial charge >= 0.3 is 0 Å². The molecule has 0 aromatic heterocycles. The van der Waals surface area contributed by atoms with E-state index in [1.54, 1.807) is 6.07 Å². The Hall–Kier alpha value is -2.15. The SMILES string of the molecule is COCCOc1ccc(C2=NNC(=O)CO2)cc1F. The number of hydrazone groups is 1. The van der Waals surface area contributed by atoms with Crippen LogP contribution in [0, 0.1) is 5.82 Å². The zero-order valence-corrected chi connectivity index (χ0v) is 10.3. The molecule has 0 aliphatic carbocycles. The van der Waals surface area contributed by atoms with Crippen molar-refractivity contribution in [1.29, 1.82) is 0 Å². The molecule has 1 N–H and O–H groups in total. The first-order valence-electron chi connectivity index (χ1n) is 5.61. The van der Waals surface area contributed by atoms with E-state index in [2.05, 4.69) is 10.5 Å². The van der Waals surface area contributed by atoms with E-state index in [1.807, 2.05) is 0 Å². The van der Waals surface area contributed by atoms with E-state index in [4.69, 9.17) is 14.2 Å². The molecule has 0 radical (unpaired) electrons. The van der Waals surface area contributed by atoms with Gasteiger partial charge in [0, 0.05) is 12.7 Å². The number of benzene rings is 1. The normalized spacial score (nSPS) is 14.4. The summed E-state index contributed by atoms with van der Waals surface area (Å²) < 4.78 is 28.8. The van der Waals surface area contributed by atoms with Gasteiger partial charge in [0.1, 0.15) is 6.61 Å². The van der Waals surface area contributed by atoms with Crippen LogP contribution >= 0.6 is 0 Å². The van der Waals surface area contributed by atoms with Crippen LogP contribution in [0.5, 0.6) is 5.75 Å². The maximum Gasteiger partial charge on any atom is 0.278 e. The van der Waals surface area contributed by atoms with Gasteiger partial charge in [0.25, 0.3) is 5.91 Å². The monoisotopic (exact) mass is 268 g/mol. The second-order valence-electron chi connectivity index (χ2n) is 3.73. The third-order valence-electron chi connectivity index (χ3n) is 2.35. The van der Waals surface area contributed by atoms with Gasteiger partial charge in [-0.3, -0.25) is 4.79 Å². The van der Waals surface area contributed by atoms with Gasteiger partial charge < -0.3 is 14.2 Å². The lowest BCUT2D eigenvalue weighted by Gasteiger charge is -2.14. The van der Waals surface area contributed by atoms with Crippen molar-refractivity contribution in [1.82, 2.24) is 5.43 Å². The van der Waals surface area contributed by atoms with Crippen molar-refractivity contribution < 1.29 is 23.4 Å². The predicted octanol–water partition coefficient (Wildman–Crippen LogP) is 0.659. The Morgan fingerprint density at radius 3 is 2.95 bits per heavy atom. The summed E-state index contributed by atoms with van der Waals surface area (Å²) in [5.74, 6) is -0.580. The van der Waals surface area contributed by atoms with E-state index in [0.717, 1.165) is 0 Å². The average molecular weight is 268 g/mol. The molecule has 19 heavy (non-hydrogen) atoms. The number of hydrogen-bond acceptors (Lipinski definition) is 5. The van der Waals surface area contributed by atoms with Gasteiger partial charge in [0.05, 0.1) is 6.61 Å². The van der Waals surface area contributed by atoms with Crippen molar-refractivity contribution in [2.75, 3.05) is 26.9 Å². The van der Waals surface area contributed by atoms with E-state index >= 15 is 0 Å². The van der Waals surface area contributed by atoms with Gasteiger partial charge in [0.2, 0.25) is 5.90 Å². The van der Waals surface area contributed by atoms with Crippen LogP contribution in [0.4, 0.5) is 4.39 Å². The van der Waals surface area contributed by atoms with Crippen LogP contribution in [0.15, 0.2) is 23.3 Å². The van der Waals surface area contributed by atoms with Crippen molar-refractivity contribution in [3.8, 4) is 5.75 Å². The first-order chi connectivity index (χ1) is 9.20. The van der Waals surface area contributed by atoms with Crippen molar-refractivity contribution in [3.63, 3.8) is 0 Å². The summed E-state index contributed by atoms with van der Waals surface area (Å²) in [5, 5.41) is 3.69. The fraction of sp³-hybridized carbons (Fsp3) is 0.333. The molecule has 0 fully saturated rings. The maximum atomic E-state index is 13.7. The topological polar surface area (TPSA) is 69.2 Å². The number of methoxy groups -OCH3 is 1. The number of amides is 1. The van der Waals surface area contributed by atoms with Gasteiger partial charge in [-0.2, -0.15) is 0 Å². The molecule has 102 valence electrons. The van der Waals surface area contributed by atoms with Gasteiger partial charge in [-0.05, 0) is 18.2 Å². The molecule has 2 rings (SSSR count). The molecular formula is C12H13FN2O4. The fourth-order valence-corrected chi connectivity index (χ4v) is 1.45. The molecule has 1 heterocycles. The summed E-state index contributed by atoms with van der Waals surface area (Å²) in [6.07, 6.45) is 0. The molecular weight excluding hydrogens is 255 g/mol. The van der Waals surface area contributed by atoms with E-state index in [0.29, 0.717) is 12.2 Å². The van der Waals surface area contributed by atoms with Crippen molar-refractivity contribution in [3.05, 3.63) is 29.6 Å². The Morgan fingerprint density at radius 2 is 2.32 bits per heavy atom. The first kappa shape index (κ1) is 13.3. The Kier molecular flexibility index (Phi) is 4.30. The molecule has 0 bridgehead atoms. The van der Waals surface area contributed by atoms with Crippen LogP contribution in [0.1, 0.15) is 5.56 Å². The predicted molar refractivity (Wildman–Crippen MR) is 64.4 cm³/mol. The van der Waals surface area contributed by atoms with Gasteiger partial charge in [-0.1, -0.05) is 0 Å². The number of nitrogens with zero attached hydrogens (tertiary/aromatic N) is 1. The Balaban J connectivity index is 2.08. The zero-order valence-electron chi connectivity index (χ0n) is 10.3. The van der Waals surface area contributed by atoms with Crippen LogP contribution < -0.4 is 10.2 Å². The fourth-order valence-electron chi connectivity index (χ4n) is 1.45. The van der Waals surface area contributed by atoms with Crippen LogP contribution in [0.2, 0.25) is 0 Å². The minimum atomic E-state index is -0.531. The number of ether oxygens (including phenoxy) is 3. The molecule has 1 aromatic carbocycles. The summed E-state index contributed by atoms with van der Waals surface area (Å²) >= 11 is 0. The second-order valence-corrected chi connectivity index (χ2v) is 3.73.